The van der Waals surface area contributed by atoms with Crippen molar-refractivity contribution in [3.05, 3.63) is 57.6 Å². The van der Waals surface area contributed by atoms with E-state index in [9.17, 15) is 0 Å². The van der Waals surface area contributed by atoms with Gasteiger partial charge in [-0.2, -0.15) is 0 Å². The fraction of sp³-hybridized carbons (Fsp3) is 0.278. The molecule has 1 atom stereocenters. The number of aromatic nitrogens is 1. The summed E-state index contributed by atoms with van der Waals surface area (Å²) in [6, 6.07) is 12.7. The van der Waals surface area contributed by atoms with Crippen LogP contribution in [0, 0.1) is 5.92 Å². The van der Waals surface area contributed by atoms with Crippen molar-refractivity contribution in [2.75, 3.05) is 0 Å². The number of hydrogen-bond acceptors (Lipinski definition) is 1. The largest absolute Gasteiger partial charge is 0.147 e. The van der Waals surface area contributed by atoms with E-state index < -0.39 is 0 Å². The van der Waals surface area contributed by atoms with Crippen LogP contribution >= 0.6 is 24.8 Å². The number of para-hydroxylation sites is 1. The standard InChI is InChI=1S/C9H6N.C9H13.2ClH.Cr/c1-2-6-9-8(4-1)5-3-7-10-9;1-6-5-7(2)9(4)8(6)3;;;/h1-6H;6H,1-4H3;2*1H;. The van der Waals surface area contributed by atoms with E-state index in [0.717, 1.165) is 5.52 Å². The predicted octanol–water partition coefficient (Wildman–Crippen LogP) is 5.05. The van der Waals surface area contributed by atoms with Crippen molar-refractivity contribution in [1.82, 2.24) is 4.98 Å². The summed E-state index contributed by atoms with van der Waals surface area (Å²) in [7, 11) is 0. The van der Waals surface area contributed by atoms with Crippen LogP contribution in [0.1, 0.15) is 27.7 Å². The van der Waals surface area contributed by atoms with Crippen molar-refractivity contribution < 1.29 is 15.2 Å². The number of nitrogens with zero attached hydrogens (tertiary/aromatic N) is 1. The number of hydrogen-bond donors (Lipinski definition) is 0. The van der Waals surface area contributed by atoms with Gasteiger partial charge in [0.15, 0.2) is 0 Å². The van der Waals surface area contributed by atoms with E-state index in [-0.39, 0.29) is 24.8 Å². The average molecular weight is 374 g/mol. The molecule has 1 aliphatic rings. The molecular weight excluding hydrogens is 353 g/mol. The summed E-state index contributed by atoms with van der Waals surface area (Å²) in [5, 5.41) is 1.22. The zero-order chi connectivity index (χ0) is 14.3. The number of benzene rings is 1. The minimum Gasteiger partial charge on any atom is -0.147 e. The van der Waals surface area contributed by atoms with Gasteiger partial charge < -0.3 is 0 Å². The molecule has 0 amide bonds. The van der Waals surface area contributed by atoms with E-state index in [1.54, 1.807) is 4.44 Å². The van der Waals surface area contributed by atoms with Crippen molar-refractivity contribution >= 4 is 40.3 Å². The van der Waals surface area contributed by atoms with Crippen LogP contribution in [-0.4, -0.2) is 4.98 Å². The third kappa shape index (κ3) is 3.42. The molecule has 0 aliphatic heterocycles. The Morgan fingerprint density at radius 1 is 0.909 bits per heavy atom. The summed E-state index contributed by atoms with van der Waals surface area (Å²) in [6.45, 7) is 9.10. The zero-order valence-corrected chi connectivity index (χ0v) is 16.1. The van der Waals surface area contributed by atoms with E-state index in [0.29, 0.717) is 21.1 Å². The SMILES string of the molecule is CC1=C(C)C(C)[C]([Cr][c]2ccc3ccccc3n2)=C1C.Cl.Cl. The van der Waals surface area contributed by atoms with Crippen LogP contribution in [0.15, 0.2) is 57.6 Å². The zero-order valence-electron chi connectivity index (χ0n) is 13.2. The summed E-state index contributed by atoms with van der Waals surface area (Å²) in [5.41, 5.74) is 5.61. The van der Waals surface area contributed by atoms with E-state index in [1.807, 2.05) is 0 Å². The number of rotatable bonds is 2. The average Bonchev–Trinajstić information content (AvgIpc) is 2.65. The summed E-state index contributed by atoms with van der Waals surface area (Å²) >= 11 is 0.326. The summed E-state index contributed by atoms with van der Waals surface area (Å²) < 4.78 is 2.83. The number of halogens is 2. The van der Waals surface area contributed by atoms with Crippen LogP contribution in [-0.2, 0) is 15.2 Å². The number of fused-ring (bicyclic) bond motifs is 1. The molecule has 0 saturated heterocycles. The Bertz CT molecular complexity index is 750. The van der Waals surface area contributed by atoms with Gasteiger partial charge in [0.05, 0.1) is 0 Å². The van der Waals surface area contributed by atoms with Gasteiger partial charge >= 0.3 is 127 Å². The van der Waals surface area contributed by atoms with Crippen LogP contribution in [0.4, 0.5) is 0 Å². The Morgan fingerprint density at radius 3 is 2.23 bits per heavy atom. The second kappa shape index (κ2) is 7.67. The third-order valence-corrected chi connectivity index (χ3v) is 6.41. The fourth-order valence-corrected chi connectivity index (χ4v) is 4.53. The Labute approximate surface area is 151 Å². The van der Waals surface area contributed by atoms with E-state index in [4.69, 9.17) is 4.98 Å². The number of pyridine rings is 1. The molecule has 1 unspecified atom stereocenters. The summed E-state index contributed by atoms with van der Waals surface area (Å²) in [5.74, 6) is 0.586. The van der Waals surface area contributed by atoms with Gasteiger partial charge in [-0.05, 0) is 0 Å². The molecule has 3 rings (SSSR count). The monoisotopic (exact) mass is 373 g/mol. The normalized spacial score (nSPS) is 17.5. The molecule has 0 saturated carbocycles. The van der Waals surface area contributed by atoms with Crippen LogP contribution in [0.2, 0.25) is 0 Å². The molecule has 0 N–H and O–H groups in total. The maximum Gasteiger partial charge on any atom is -0.147 e. The first kappa shape index (κ1) is 19.3. The maximum absolute atomic E-state index is 4.83. The Hall–Kier alpha value is -0.778. The van der Waals surface area contributed by atoms with E-state index in [1.165, 1.54) is 26.7 Å². The van der Waals surface area contributed by atoms with Crippen LogP contribution < -0.4 is 4.56 Å². The van der Waals surface area contributed by atoms with Crippen molar-refractivity contribution in [1.29, 1.82) is 0 Å². The van der Waals surface area contributed by atoms with Crippen molar-refractivity contribution in [3.63, 3.8) is 0 Å². The first-order valence-electron chi connectivity index (χ1n) is 7.00. The van der Waals surface area contributed by atoms with Crippen molar-refractivity contribution in [2.45, 2.75) is 27.7 Å². The minimum absolute atomic E-state index is 0. The quantitative estimate of drug-likeness (QED) is 0.717. The molecule has 118 valence electrons. The van der Waals surface area contributed by atoms with Gasteiger partial charge in [-0.25, -0.2) is 0 Å². The number of allylic oxidation sites excluding steroid dienone is 4. The maximum atomic E-state index is 4.83. The molecule has 1 aromatic heterocycles. The molecule has 0 bridgehead atoms. The molecule has 2 aromatic rings. The second-order valence-corrected chi connectivity index (χ2v) is 7.12. The van der Waals surface area contributed by atoms with E-state index >= 15 is 0 Å². The Morgan fingerprint density at radius 2 is 1.59 bits per heavy atom. The van der Waals surface area contributed by atoms with Gasteiger partial charge in [-0.1, -0.05) is 0 Å². The predicted molar refractivity (Wildman–Crippen MR) is 96.1 cm³/mol. The first-order chi connectivity index (χ1) is 9.58. The first-order valence-corrected chi connectivity index (χ1v) is 8.27. The molecule has 22 heavy (non-hydrogen) atoms. The molecule has 1 aliphatic carbocycles. The summed E-state index contributed by atoms with van der Waals surface area (Å²) in [4.78, 5) is 4.83. The molecule has 0 spiro atoms. The van der Waals surface area contributed by atoms with Crippen LogP contribution in [0.5, 0.6) is 0 Å². The van der Waals surface area contributed by atoms with Gasteiger partial charge in [0, 0.05) is 0 Å². The Balaban J connectivity index is 0.00000121. The Kier molecular flexibility index (Phi) is 6.71. The van der Waals surface area contributed by atoms with Crippen LogP contribution in [0.3, 0.4) is 0 Å². The third-order valence-electron chi connectivity index (χ3n) is 4.35. The van der Waals surface area contributed by atoms with Crippen LogP contribution in [0.25, 0.3) is 10.9 Å². The molecule has 0 fully saturated rings. The molecule has 1 nitrogen and oxygen atoms in total. The second-order valence-electron chi connectivity index (χ2n) is 5.46. The van der Waals surface area contributed by atoms with Crippen molar-refractivity contribution in [3.8, 4) is 0 Å². The van der Waals surface area contributed by atoms with E-state index in [2.05, 4.69) is 64.1 Å². The fourth-order valence-electron chi connectivity index (χ4n) is 2.71. The molecule has 1 aromatic carbocycles. The smallest absolute Gasteiger partial charge is 0.147 e. The van der Waals surface area contributed by atoms with Gasteiger partial charge in [0.25, 0.3) is 0 Å². The molecule has 0 radical (unpaired) electrons. The topological polar surface area (TPSA) is 12.9 Å². The van der Waals surface area contributed by atoms with Gasteiger partial charge in [-0.15, -0.1) is 24.8 Å². The molecule has 1 heterocycles. The molecule has 4 heteroatoms. The van der Waals surface area contributed by atoms with Gasteiger partial charge in [0.1, 0.15) is 0 Å². The van der Waals surface area contributed by atoms with Gasteiger partial charge in [0.2, 0.25) is 0 Å². The molecular formula is C18H21Cl2CrN. The summed E-state index contributed by atoms with van der Waals surface area (Å²) in [6.07, 6.45) is 0. The van der Waals surface area contributed by atoms with Gasteiger partial charge in [-0.3, -0.25) is 0 Å². The van der Waals surface area contributed by atoms with Crippen molar-refractivity contribution in [2.24, 2.45) is 5.92 Å². The minimum atomic E-state index is 0.